The fourth-order valence-electron chi connectivity index (χ4n) is 2.25. The van der Waals surface area contributed by atoms with Crippen LogP contribution in [0.5, 0.6) is 5.88 Å². The molecule has 3 rings (SSSR count). The molecule has 1 aromatic carbocycles. The third-order valence-corrected chi connectivity index (χ3v) is 4.47. The molecule has 0 aliphatic carbocycles. The van der Waals surface area contributed by atoms with E-state index in [2.05, 4.69) is 15.5 Å². The molecule has 0 saturated carbocycles. The zero-order chi connectivity index (χ0) is 17.5. The van der Waals surface area contributed by atoms with Gasteiger partial charge in [0, 0.05) is 6.07 Å². The largest absolute Gasteiger partial charge is 0.475 e. The van der Waals surface area contributed by atoms with Crippen LogP contribution in [0.15, 0.2) is 53.9 Å². The van der Waals surface area contributed by atoms with Crippen LogP contribution in [0.25, 0.3) is 10.6 Å². The first kappa shape index (κ1) is 17.1. The van der Waals surface area contributed by atoms with Gasteiger partial charge in [-0.05, 0) is 30.0 Å². The summed E-state index contributed by atoms with van der Waals surface area (Å²) in [4.78, 5) is 13.0. The van der Waals surface area contributed by atoms with Crippen LogP contribution in [0, 0.1) is 6.92 Å². The van der Waals surface area contributed by atoms with Gasteiger partial charge >= 0.3 is 0 Å². The van der Waals surface area contributed by atoms with Crippen molar-refractivity contribution in [3.63, 3.8) is 0 Å². The molecule has 0 saturated heterocycles. The number of hydrogen-bond acceptors (Lipinski definition) is 5. The van der Waals surface area contributed by atoms with Crippen LogP contribution in [0.1, 0.15) is 11.1 Å². The van der Waals surface area contributed by atoms with E-state index < -0.39 is 0 Å². The highest BCUT2D eigenvalue weighted by Crippen LogP contribution is 2.22. The van der Waals surface area contributed by atoms with Gasteiger partial charge in [-0.2, -0.15) is 0 Å². The second-order valence-corrected chi connectivity index (χ2v) is 6.54. The topological polar surface area (TPSA) is 64.1 Å². The number of aryl methyl sites for hydroxylation is 1. The highest BCUT2D eigenvalue weighted by Gasteiger charge is 2.04. The molecule has 5 nitrogen and oxygen atoms in total. The SMILES string of the molecule is Cc1ccc(CC(=O)NCCOc2ccc(-c3cccs3)nn2)cc1. The molecule has 1 amide bonds. The van der Waals surface area contributed by atoms with Gasteiger partial charge in [0.05, 0.1) is 17.8 Å². The zero-order valence-electron chi connectivity index (χ0n) is 13.9. The Labute approximate surface area is 150 Å². The number of amides is 1. The van der Waals surface area contributed by atoms with Crippen molar-refractivity contribution in [3.05, 3.63) is 65.0 Å². The Morgan fingerprint density at radius 2 is 1.96 bits per heavy atom. The van der Waals surface area contributed by atoms with Crippen molar-refractivity contribution in [1.29, 1.82) is 0 Å². The number of carbonyl (C=O) groups is 1. The summed E-state index contributed by atoms with van der Waals surface area (Å²) in [7, 11) is 0. The molecule has 6 heteroatoms. The first-order valence-corrected chi connectivity index (χ1v) is 8.91. The van der Waals surface area contributed by atoms with Gasteiger partial charge in [0.15, 0.2) is 0 Å². The molecule has 0 atom stereocenters. The predicted octanol–water partition coefficient (Wildman–Crippen LogP) is 3.25. The van der Waals surface area contributed by atoms with E-state index in [1.165, 1.54) is 5.56 Å². The van der Waals surface area contributed by atoms with E-state index in [0.717, 1.165) is 16.1 Å². The standard InChI is InChI=1S/C19H19N3O2S/c1-14-4-6-15(7-5-14)13-18(23)20-10-11-24-19-9-8-16(21-22-19)17-3-2-12-25-17/h2-9,12H,10-11,13H2,1H3,(H,20,23). The van der Waals surface area contributed by atoms with Gasteiger partial charge in [0.25, 0.3) is 0 Å². The lowest BCUT2D eigenvalue weighted by atomic mass is 10.1. The summed E-state index contributed by atoms with van der Waals surface area (Å²) >= 11 is 1.62. The molecule has 0 aliphatic heterocycles. The highest BCUT2D eigenvalue weighted by atomic mass is 32.1. The predicted molar refractivity (Wildman–Crippen MR) is 98.7 cm³/mol. The van der Waals surface area contributed by atoms with Crippen molar-refractivity contribution in [2.24, 2.45) is 0 Å². The van der Waals surface area contributed by atoms with Crippen molar-refractivity contribution < 1.29 is 9.53 Å². The molecular weight excluding hydrogens is 334 g/mol. The monoisotopic (exact) mass is 353 g/mol. The Morgan fingerprint density at radius 1 is 1.12 bits per heavy atom. The normalized spacial score (nSPS) is 10.4. The number of rotatable bonds is 7. The Bertz CT molecular complexity index is 800. The molecule has 1 N–H and O–H groups in total. The summed E-state index contributed by atoms with van der Waals surface area (Å²) < 4.78 is 5.51. The van der Waals surface area contributed by atoms with Gasteiger partial charge in [-0.25, -0.2) is 0 Å². The number of thiophene rings is 1. The Balaban J connectivity index is 1.39. The number of ether oxygens (including phenoxy) is 1. The van der Waals surface area contributed by atoms with E-state index in [1.807, 2.05) is 54.8 Å². The van der Waals surface area contributed by atoms with Crippen molar-refractivity contribution in [3.8, 4) is 16.5 Å². The molecule has 128 valence electrons. The van der Waals surface area contributed by atoms with Crippen molar-refractivity contribution in [1.82, 2.24) is 15.5 Å². The molecular formula is C19H19N3O2S. The lowest BCUT2D eigenvalue weighted by Crippen LogP contribution is -2.29. The first-order chi connectivity index (χ1) is 12.2. The Hall–Kier alpha value is -2.73. The van der Waals surface area contributed by atoms with Crippen LogP contribution in [0.4, 0.5) is 0 Å². The quantitative estimate of drug-likeness (QED) is 0.662. The maximum atomic E-state index is 11.9. The molecule has 0 aliphatic rings. The van der Waals surface area contributed by atoms with Crippen LogP contribution >= 0.6 is 11.3 Å². The van der Waals surface area contributed by atoms with Gasteiger partial charge in [-0.1, -0.05) is 35.9 Å². The van der Waals surface area contributed by atoms with E-state index in [0.29, 0.717) is 25.5 Å². The number of nitrogens with one attached hydrogen (secondary N) is 1. The molecule has 25 heavy (non-hydrogen) atoms. The lowest BCUT2D eigenvalue weighted by molar-refractivity contribution is -0.120. The summed E-state index contributed by atoms with van der Waals surface area (Å²) in [6.07, 6.45) is 0.371. The molecule has 0 unspecified atom stereocenters. The number of benzene rings is 1. The summed E-state index contributed by atoms with van der Waals surface area (Å²) in [5, 5.41) is 13.0. The first-order valence-electron chi connectivity index (χ1n) is 8.03. The summed E-state index contributed by atoms with van der Waals surface area (Å²) in [6, 6.07) is 15.6. The van der Waals surface area contributed by atoms with Gasteiger partial charge < -0.3 is 10.1 Å². The van der Waals surface area contributed by atoms with E-state index in [9.17, 15) is 4.79 Å². The average Bonchev–Trinajstić information content (AvgIpc) is 3.16. The lowest BCUT2D eigenvalue weighted by Gasteiger charge is -2.07. The van der Waals surface area contributed by atoms with Crippen molar-refractivity contribution in [2.45, 2.75) is 13.3 Å². The number of nitrogens with zero attached hydrogens (tertiary/aromatic N) is 2. The summed E-state index contributed by atoms with van der Waals surface area (Å²) in [5.74, 6) is 0.430. The van der Waals surface area contributed by atoms with Gasteiger partial charge in [0.2, 0.25) is 11.8 Å². The van der Waals surface area contributed by atoms with Crippen molar-refractivity contribution in [2.75, 3.05) is 13.2 Å². The fraction of sp³-hybridized carbons (Fsp3) is 0.211. The smallest absolute Gasteiger partial charge is 0.233 e. The molecule has 2 aromatic heterocycles. The molecule has 0 spiro atoms. The molecule has 2 heterocycles. The third kappa shape index (κ3) is 5.12. The van der Waals surface area contributed by atoms with Crippen LogP contribution < -0.4 is 10.1 Å². The molecule has 3 aromatic rings. The molecule has 0 fully saturated rings. The molecule has 0 radical (unpaired) electrons. The number of hydrogen-bond donors (Lipinski definition) is 1. The number of carbonyl (C=O) groups excluding carboxylic acids is 1. The average molecular weight is 353 g/mol. The summed E-state index contributed by atoms with van der Waals surface area (Å²) in [6.45, 7) is 2.81. The Morgan fingerprint density at radius 3 is 2.64 bits per heavy atom. The van der Waals surface area contributed by atoms with Crippen LogP contribution in [0.3, 0.4) is 0 Å². The minimum absolute atomic E-state index is 0.0217. The minimum Gasteiger partial charge on any atom is -0.475 e. The third-order valence-electron chi connectivity index (χ3n) is 3.57. The highest BCUT2D eigenvalue weighted by molar-refractivity contribution is 7.13. The van der Waals surface area contributed by atoms with Crippen LogP contribution in [0.2, 0.25) is 0 Å². The fourth-order valence-corrected chi connectivity index (χ4v) is 2.94. The minimum atomic E-state index is -0.0217. The Kier molecular flexibility index (Phi) is 5.74. The zero-order valence-corrected chi connectivity index (χ0v) is 14.8. The van der Waals surface area contributed by atoms with E-state index >= 15 is 0 Å². The van der Waals surface area contributed by atoms with Crippen LogP contribution in [-0.4, -0.2) is 29.3 Å². The maximum Gasteiger partial charge on any atom is 0.233 e. The van der Waals surface area contributed by atoms with Crippen LogP contribution in [-0.2, 0) is 11.2 Å². The van der Waals surface area contributed by atoms with Gasteiger partial charge in [-0.15, -0.1) is 21.5 Å². The van der Waals surface area contributed by atoms with E-state index in [1.54, 1.807) is 17.4 Å². The second-order valence-electron chi connectivity index (χ2n) is 5.59. The number of aromatic nitrogens is 2. The van der Waals surface area contributed by atoms with Gasteiger partial charge in [-0.3, -0.25) is 4.79 Å². The summed E-state index contributed by atoms with van der Waals surface area (Å²) in [5.41, 5.74) is 3.01. The molecule has 0 bridgehead atoms. The van der Waals surface area contributed by atoms with E-state index in [4.69, 9.17) is 4.74 Å². The second kappa shape index (κ2) is 8.39. The maximum absolute atomic E-state index is 11.9. The van der Waals surface area contributed by atoms with Gasteiger partial charge in [0.1, 0.15) is 12.3 Å². The van der Waals surface area contributed by atoms with E-state index in [-0.39, 0.29) is 5.91 Å². The van der Waals surface area contributed by atoms with Crippen molar-refractivity contribution >= 4 is 17.2 Å².